The lowest BCUT2D eigenvalue weighted by Gasteiger charge is -2.42. The molecule has 9 nitrogen and oxygen atoms in total. The molecule has 2 aliphatic rings. The minimum Gasteiger partial charge on any atom is -0.468 e. The molecular formula is C17H24N4O5S. The van der Waals surface area contributed by atoms with Crippen LogP contribution in [0.3, 0.4) is 0 Å². The fourth-order valence-electron chi connectivity index (χ4n) is 3.69. The fourth-order valence-corrected chi connectivity index (χ4v) is 4.35. The first kappa shape index (κ1) is 19.7. The van der Waals surface area contributed by atoms with Crippen molar-refractivity contribution < 1.29 is 23.9 Å². The van der Waals surface area contributed by atoms with E-state index in [1.54, 1.807) is 29.5 Å². The Morgan fingerprint density at radius 1 is 1.30 bits per heavy atom. The van der Waals surface area contributed by atoms with E-state index in [1.807, 2.05) is 5.38 Å². The third kappa shape index (κ3) is 3.83. The monoisotopic (exact) mass is 396 g/mol. The molecular weight excluding hydrogens is 372 g/mol. The molecule has 0 N–H and O–H groups in total. The number of nitrogens with zero attached hydrogens (tertiary/aromatic N) is 4. The van der Waals surface area contributed by atoms with Gasteiger partial charge in [0.25, 0.3) is 5.91 Å². The number of amides is 3. The summed E-state index contributed by atoms with van der Waals surface area (Å²) in [5.74, 6) is -0.926. The number of methoxy groups -OCH3 is 2. The number of imide groups is 1. The first-order valence-corrected chi connectivity index (χ1v) is 9.70. The summed E-state index contributed by atoms with van der Waals surface area (Å²) in [6, 6.07) is -0.448. The number of urea groups is 1. The molecule has 2 aliphatic heterocycles. The highest BCUT2D eigenvalue weighted by atomic mass is 32.1. The van der Waals surface area contributed by atoms with E-state index < -0.39 is 17.5 Å². The van der Waals surface area contributed by atoms with Gasteiger partial charge in [0.2, 0.25) is 0 Å². The van der Waals surface area contributed by atoms with Crippen LogP contribution in [0.5, 0.6) is 0 Å². The van der Waals surface area contributed by atoms with Gasteiger partial charge in [-0.2, -0.15) is 0 Å². The summed E-state index contributed by atoms with van der Waals surface area (Å²) in [6.07, 6.45) is 2.82. The zero-order valence-corrected chi connectivity index (χ0v) is 16.4. The number of esters is 1. The predicted molar refractivity (Wildman–Crippen MR) is 97.1 cm³/mol. The van der Waals surface area contributed by atoms with Gasteiger partial charge in [-0.15, -0.1) is 11.3 Å². The standard InChI is InChI=1S/C17H24N4O5S/c1-25-9-8-21-16(24)20(12-14(22)26-2)15(23)17(21)3-6-19(7-4-17)11-13-18-5-10-27-13/h5,10H,3-4,6-9,11-12H2,1-2H3. The van der Waals surface area contributed by atoms with Crippen LogP contribution in [0, 0.1) is 0 Å². The summed E-state index contributed by atoms with van der Waals surface area (Å²) < 4.78 is 9.75. The number of thiazole rings is 1. The highest BCUT2D eigenvalue weighted by Crippen LogP contribution is 2.37. The Morgan fingerprint density at radius 3 is 2.63 bits per heavy atom. The molecule has 0 atom stereocenters. The molecule has 0 bridgehead atoms. The van der Waals surface area contributed by atoms with Gasteiger partial charge in [-0.3, -0.25) is 19.4 Å². The van der Waals surface area contributed by atoms with Gasteiger partial charge in [-0.05, 0) is 12.8 Å². The van der Waals surface area contributed by atoms with Gasteiger partial charge in [0, 0.05) is 38.3 Å². The SMILES string of the molecule is COCCN1C(=O)N(CC(=O)OC)C(=O)C12CCN(Cc1nccs1)CC2. The van der Waals surface area contributed by atoms with E-state index in [0.29, 0.717) is 39.1 Å². The van der Waals surface area contributed by atoms with Gasteiger partial charge in [0.1, 0.15) is 17.1 Å². The van der Waals surface area contributed by atoms with Gasteiger partial charge < -0.3 is 14.4 Å². The van der Waals surface area contributed by atoms with Crippen LogP contribution in [0.4, 0.5) is 4.79 Å². The van der Waals surface area contributed by atoms with Crippen LogP contribution in [0.25, 0.3) is 0 Å². The number of ether oxygens (including phenoxy) is 2. The van der Waals surface area contributed by atoms with E-state index in [1.165, 1.54) is 7.11 Å². The van der Waals surface area contributed by atoms with E-state index in [4.69, 9.17) is 4.74 Å². The summed E-state index contributed by atoms with van der Waals surface area (Å²) in [5.41, 5.74) is -0.914. The normalized spacial score (nSPS) is 19.9. The van der Waals surface area contributed by atoms with Crippen molar-refractivity contribution in [2.75, 3.05) is 47.0 Å². The fraction of sp³-hybridized carbons (Fsp3) is 0.647. The predicted octanol–water partition coefficient (Wildman–Crippen LogP) is 0.561. The molecule has 148 valence electrons. The molecule has 1 aromatic rings. The lowest BCUT2D eigenvalue weighted by atomic mass is 9.85. The van der Waals surface area contributed by atoms with Crippen molar-refractivity contribution in [1.29, 1.82) is 0 Å². The molecule has 2 saturated heterocycles. The maximum absolute atomic E-state index is 13.1. The van der Waals surface area contributed by atoms with Crippen LogP contribution in [-0.2, 0) is 25.6 Å². The third-order valence-corrected chi connectivity index (χ3v) is 5.95. The van der Waals surface area contributed by atoms with Crippen molar-refractivity contribution in [1.82, 2.24) is 19.7 Å². The van der Waals surface area contributed by atoms with Crippen molar-refractivity contribution in [3.63, 3.8) is 0 Å². The Morgan fingerprint density at radius 2 is 2.04 bits per heavy atom. The van der Waals surface area contributed by atoms with Crippen molar-refractivity contribution in [3.8, 4) is 0 Å². The summed E-state index contributed by atoms with van der Waals surface area (Å²) in [7, 11) is 2.79. The zero-order valence-electron chi connectivity index (χ0n) is 15.5. The van der Waals surface area contributed by atoms with Crippen LogP contribution in [0.2, 0.25) is 0 Å². The molecule has 3 amide bonds. The second-order valence-electron chi connectivity index (χ2n) is 6.63. The summed E-state index contributed by atoms with van der Waals surface area (Å²) in [6.45, 7) is 2.37. The Bertz CT molecular complexity index is 688. The summed E-state index contributed by atoms with van der Waals surface area (Å²) in [5, 5.41) is 2.97. The summed E-state index contributed by atoms with van der Waals surface area (Å²) >= 11 is 1.60. The summed E-state index contributed by atoms with van der Waals surface area (Å²) in [4.78, 5) is 46.7. The maximum atomic E-state index is 13.1. The number of rotatable bonds is 7. The molecule has 0 aliphatic carbocycles. The number of likely N-dealkylation sites (tertiary alicyclic amines) is 1. The zero-order chi connectivity index (χ0) is 19.4. The molecule has 3 rings (SSSR count). The third-order valence-electron chi connectivity index (χ3n) is 5.18. The van der Waals surface area contributed by atoms with Gasteiger partial charge >= 0.3 is 12.0 Å². The highest BCUT2D eigenvalue weighted by Gasteiger charge is 2.58. The number of carbonyl (C=O) groups is 3. The molecule has 27 heavy (non-hydrogen) atoms. The first-order chi connectivity index (χ1) is 13.0. The van der Waals surface area contributed by atoms with E-state index >= 15 is 0 Å². The Balaban J connectivity index is 1.75. The average Bonchev–Trinajstić information content (AvgIpc) is 3.24. The molecule has 1 spiro atoms. The van der Waals surface area contributed by atoms with Crippen LogP contribution in [-0.4, -0.2) is 90.1 Å². The van der Waals surface area contributed by atoms with Crippen molar-refractivity contribution in [2.45, 2.75) is 24.9 Å². The number of hydrogen-bond acceptors (Lipinski definition) is 8. The molecule has 1 aromatic heterocycles. The lowest BCUT2D eigenvalue weighted by Crippen LogP contribution is -2.57. The Hall–Kier alpha value is -2.04. The second-order valence-corrected chi connectivity index (χ2v) is 7.61. The van der Waals surface area contributed by atoms with Crippen molar-refractivity contribution in [2.24, 2.45) is 0 Å². The minimum absolute atomic E-state index is 0.311. The van der Waals surface area contributed by atoms with Gasteiger partial charge in [-0.25, -0.2) is 9.78 Å². The Labute approximate surface area is 161 Å². The van der Waals surface area contributed by atoms with Crippen LogP contribution in [0.1, 0.15) is 17.8 Å². The average molecular weight is 396 g/mol. The molecule has 0 radical (unpaired) electrons. The lowest BCUT2D eigenvalue weighted by molar-refractivity contribution is -0.146. The number of carbonyl (C=O) groups excluding carboxylic acids is 3. The van der Waals surface area contributed by atoms with E-state index in [-0.39, 0.29) is 12.5 Å². The molecule has 3 heterocycles. The largest absolute Gasteiger partial charge is 0.468 e. The van der Waals surface area contributed by atoms with Gasteiger partial charge in [0.05, 0.1) is 20.3 Å². The topological polar surface area (TPSA) is 92.3 Å². The number of aromatic nitrogens is 1. The van der Waals surface area contributed by atoms with Crippen LogP contribution < -0.4 is 0 Å². The minimum atomic E-state index is -0.914. The molecule has 2 fully saturated rings. The van der Waals surface area contributed by atoms with E-state index in [9.17, 15) is 14.4 Å². The van der Waals surface area contributed by atoms with Gasteiger partial charge in [-0.1, -0.05) is 0 Å². The Kier molecular flexibility index (Phi) is 6.08. The van der Waals surface area contributed by atoms with Gasteiger partial charge in [0.15, 0.2) is 0 Å². The van der Waals surface area contributed by atoms with Crippen LogP contribution in [0.15, 0.2) is 11.6 Å². The number of piperidine rings is 1. The quantitative estimate of drug-likeness (QED) is 0.491. The molecule has 0 aromatic carbocycles. The van der Waals surface area contributed by atoms with Crippen molar-refractivity contribution in [3.05, 3.63) is 16.6 Å². The smallest absolute Gasteiger partial charge is 0.328 e. The molecule has 0 unspecified atom stereocenters. The van der Waals surface area contributed by atoms with E-state index in [0.717, 1.165) is 16.5 Å². The van der Waals surface area contributed by atoms with E-state index in [2.05, 4.69) is 14.6 Å². The number of hydrogen-bond donors (Lipinski definition) is 0. The first-order valence-electron chi connectivity index (χ1n) is 8.82. The second kappa shape index (κ2) is 8.32. The molecule has 0 saturated carbocycles. The van der Waals surface area contributed by atoms with Crippen molar-refractivity contribution >= 4 is 29.2 Å². The molecule has 10 heteroatoms. The van der Waals surface area contributed by atoms with Crippen LogP contribution >= 0.6 is 11.3 Å². The highest BCUT2D eigenvalue weighted by molar-refractivity contribution is 7.09. The maximum Gasteiger partial charge on any atom is 0.328 e.